The topological polar surface area (TPSA) is 152 Å². The highest BCUT2D eigenvalue weighted by molar-refractivity contribution is 5.70. The predicted octanol–water partition coefficient (Wildman–Crippen LogP) is 9.44. The first kappa shape index (κ1) is 52.4. The molecule has 10 nitrogen and oxygen atoms in total. The molecule has 1 aliphatic rings. The Balaban J connectivity index is 2.37. The standard InChI is InChI=1S/C47H80O10/c1-3-5-7-9-11-13-15-16-17-18-19-20-21-22-23-24-26-28-30-32-34-36-43(50)56-40(39-55-47-46(53)45(52)44(51)41(37-48)57-47)38-54-42(49)35-33-31-29-27-25-14-12-10-8-6-4-2/h10,12,17-18,20-21,23-24,28,30,40-41,44-48,51-53H,3-9,11,13-16,19,22,25-27,29,31-39H2,1-2H3/b12-10+,18-17+,21-20+,24-23+,30-28+/t40-,41-,44+,45?,46?,47-/m1/s1. The number of unbranched alkanes of at least 4 members (excludes halogenated alkanes) is 15. The van der Waals surface area contributed by atoms with E-state index in [-0.39, 0.29) is 26.1 Å². The van der Waals surface area contributed by atoms with E-state index in [0.29, 0.717) is 19.3 Å². The zero-order valence-electron chi connectivity index (χ0n) is 35.6. The van der Waals surface area contributed by atoms with E-state index in [1.165, 1.54) is 64.2 Å². The van der Waals surface area contributed by atoms with Crippen LogP contribution in [0.25, 0.3) is 0 Å². The summed E-state index contributed by atoms with van der Waals surface area (Å²) in [6.45, 7) is 3.30. The summed E-state index contributed by atoms with van der Waals surface area (Å²) in [5.74, 6) is -0.888. The molecule has 6 atom stereocenters. The minimum Gasteiger partial charge on any atom is -0.462 e. The summed E-state index contributed by atoms with van der Waals surface area (Å²) in [6, 6.07) is 0. The fourth-order valence-corrected chi connectivity index (χ4v) is 6.28. The highest BCUT2D eigenvalue weighted by Gasteiger charge is 2.44. The first-order valence-corrected chi connectivity index (χ1v) is 22.4. The molecule has 4 N–H and O–H groups in total. The number of allylic oxidation sites excluding steroid dienone is 10. The van der Waals surface area contributed by atoms with Gasteiger partial charge in [0.25, 0.3) is 0 Å². The number of rotatable bonds is 36. The Hall–Kier alpha value is -2.60. The zero-order valence-corrected chi connectivity index (χ0v) is 35.6. The molecule has 0 aromatic carbocycles. The van der Waals surface area contributed by atoms with Gasteiger partial charge in [0.15, 0.2) is 12.4 Å². The van der Waals surface area contributed by atoms with Crippen LogP contribution in [0, 0.1) is 0 Å². The van der Waals surface area contributed by atoms with Crippen LogP contribution >= 0.6 is 0 Å². The van der Waals surface area contributed by atoms with E-state index in [0.717, 1.165) is 57.8 Å². The van der Waals surface area contributed by atoms with Crippen molar-refractivity contribution < 1.29 is 49.0 Å². The van der Waals surface area contributed by atoms with Crippen molar-refractivity contribution in [3.8, 4) is 0 Å². The Bertz CT molecular complexity index is 1110. The van der Waals surface area contributed by atoms with Crippen LogP contribution in [0.4, 0.5) is 0 Å². The molecule has 1 heterocycles. The summed E-state index contributed by atoms with van der Waals surface area (Å²) in [7, 11) is 0. The largest absolute Gasteiger partial charge is 0.462 e. The SMILES string of the molecule is CCCC/C=C/CCCCCCCC(=O)OC[C@H](CO[C@@H]1O[C@H](CO)[C@H](O)C(O)C1O)OC(=O)CCC/C=C/C/C=C/C/C=C/C/C=C/CCCCCCCCC. The van der Waals surface area contributed by atoms with Gasteiger partial charge in [0.2, 0.25) is 0 Å². The molecule has 328 valence electrons. The first-order chi connectivity index (χ1) is 27.8. The van der Waals surface area contributed by atoms with Gasteiger partial charge in [-0.05, 0) is 70.6 Å². The Labute approximate surface area is 345 Å². The molecule has 0 amide bonds. The van der Waals surface area contributed by atoms with Gasteiger partial charge in [-0.1, -0.05) is 145 Å². The summed E-state index contributed by atoms with van der Waals surface area (Å²) >= 11 is 0. The van der Waals surface area contributed by atoms with Gasteiger partial charge >= 0.3 is 11.9 Å². The van der Waals surface area contributed by atoms with Crippen molar-refractivity contribution in [1.82, 2.24) is 0 Å². The number of aliphatic hydroxyl groups is 4. The van der Waals surface area contributed by atoms with Crippen LogP contribution in [0.5, 0.6) is 0 Å². The number of carbonyl (C=O) groups is 2. The number of carbonyl (C=O) groups excluding carboxylic acids is 2. The highest BCUT2D eigenvalue weighted by Crippen LogP contribution is 2.22. The average Bonchev–Trinajstić information content (AvgIpc) is 3.21. The molecule has 0 aromatic heterocycles. The monoisotopic (exact) mass is 805 g/mol. The van der Waals surface area contributed by atoms with E-state index >= 15 is 0 Å². The lowest BCUT2D eigenvalue weighted by Crippen LogP contribution is -2.59. The van der Waals surface area contributed by atoms with Crippen LogP contribution in [-0.2, 0) is 28.5 Å². The van der Waals surface area contributed by atoms with Gasteiger partial charge in [0.05, 0.1) is 13.2 Å². The molecule has 0 spiro atoms. The van der Waals surface area contributed by atoms with Crippen LogP contribution < -0.4 is 0 Å². The third-order valence-corrected chi connectivity index (χ3v) is 9.88. The first-order valence-electron chi connectivity index (χ1n) is 22.4. The van der Waals surface area contributed by atoms with Crippen LogP contribution in [0.1, 0.15) is 168 Å². The number of hydrogen-bond acceptors (Lipinski definition) is 10. The van der Waals surface area contributed by atoms with Crippen molar-refractivity contribution in [3.63, 3.8) is 0 Å². The summed E-state index contributed by atoms with van der Waals surface area (Å²) in [5, 5.41) is 40.0. The van der Waals surface area contributed by atoms with Crippen LogP contribution in [0.15, 0.2) is 60.8 Å². The van der Waals surface area contributed by atoms with Gasteiger partial charge in [-0.3, -0.25) is 9.59 Å². The number of esters is 2. The van der Waals surface area contributed by atoms with E-state index in [2.05, 4.69) is 68.5 Å². The molecule has 0 radical (unpaired) electrons. The number of aliphatic hydroxyl groups excluding tert-OH is 4. The van der Waals surface area contributed by atoms with Crippen molar-refractivity contribution in [2.45, 2.75) is 205 Å². The Morgan fingerprint density at radius 1 is 0.544 bits per heavy atom. The highest BCUT2D eigenvalue weighted by atomic mass is 16.7. The maximum atomic E-state index is 12.7. The van der Waals surface area contributed by atoms with Crippen LogP contribution in [0.3, 0.4) is 0 Å². The van der Waals surface area contributed by atoms with Gasteiger partial charge < -0.3 is 39.4 Å². The molecular weight excluding hydrogens is 725 g/mol. The predicted molar refractivity (Wildman–Crippen MR) is 228 cm³/mol. The van der Waals surface area contributed by atoms with Crippen molar-refractivity contribution in [2.75, 3.05) is 19.8 Å². The summed E-state index contributed by atoms with van der Waals surface area (Å²) in [6.07, 6.45) is 38.1. The second-order valence-electron chi connectivity index (χ2n) is 15.1. The smallest absolute Gasteiger partial charge is 0.306 e. The van der Waals surface area contributed by atoms with Crippen molar-refractivity contribution in [3.05, 3.63) is 60.8 Å². The summed E-state index contributed by atoms with van der Waals surface area (Å²) in [5.41, 5.74) is 0. The summed E-state index contributed by atoms with van der Waals surface area (Å²) < 4.78 is 22.0. The van der Waals surface area contributed by atoms with Gasteiger partial charge in [0.1, 0.15) is 31.0 Å². The molecule has 1 aliphatic heterocycles. The van der Waals surface area contributed by atoms with Crippen LogP contribution in [0.2, 0.25) is 0 Å². The average molecular weight is 805 g/mol. The van der Waals surface area contributed by atoms with Crippen molar-refractivity contribution >= 4 is 11.9 Å². The Kier molecular flexibility index (Phi) is 34.6. The molecule has 1 rings (SSSR count). The quantitative estimate of drug-likeness (QED) is 0.0274. The normalized spacial score (nSPS) is 20.8. The van der Waals surface area contributed by atoms with Gasteiger partial charge in [-0.15, -0.1) is 0 Å². The molecule has 57 heavy (non-hydrogen) atoms. The van der Waals surface area contributed by atoms with Crippen molar-refractivity contribution in [1.29, 1.82) is 0 Å². The van der Waals surface area contributed by atoms with Gasteiger partial charge in [-0.2, -0.15) is 0 Å². The molecule has 0 saturated carbocycles. The van der Waals surface area contributed by atoms with E-state index in [4.69, 9.17) is 18.9 Å². The maximum absolute atomic E-state index is 12.7. The molecular formula is C47H80O10. The molecule has 10 heteroatoms. The third-order valence-electron chi connectivity index (χ3n) is 9.88. The lowest BCUT2D eigenvalue weighted by molar-refractivity contribution is -0.305. The van der Waals surface area contributed by atoms with E-state index in [1.54, 1.807) is 0 Å². The van der Waals surface area contributed by atoms with Gasteiger partial charge in [0, 0.05) is 12.8 Å². The molecule has 1 fully saturated rings. The lowest BCUT2D eigenvalue weighted by Gasteiger charge is -2.39. The molecule has 1 saturated heterocycles. The second-order valence-corrected chi connectivity index (χ2v) is 15.1. The minimum absolute atomic E-state index is 0.150. The van der Waals surface area contributed by atoms with Gasteiger partial charge in [-0.25, -0.2) is 0 Å². The van der Waals surface area contributed by atoms with E-state index in [1.807, 2.05) is 6.08 Å². The fourth-order valence-electron chi connectivity index (χ4n) is 6.28. The molecule has 0 aliphatic carbocycles. The summed E-state index contributed by atoms with van der Waals surface area (Å²) in [4.78, 5) is 25.2. The number of ether oxygens (including phenoxy) is 4. The minimum atomic E-state index is -1.61. The van der Waals surface area contributed by atoms with Crippen LogP contribution in [-0.4, -0.2) is 89.0 Å². The Morgan fingerprint density at radius 2 is 1.02 bits per heavy atom. The van der Waals surface area contributed by atoms with E-state index < -0.39 is 55.4 Å². The third kappa shape index (κ3) is 29.3. The molecule has 0 bridgehead atoms. The Morgan fingerprint density at radius 3 is 1.60 bits per heavy atom. The maximum Gasteiger partial charge on any atom is 0.306 e. The lowest BCUT2D eigenvalue weighted by atomic mass is 9.99. The molecule has 2 unspecified atom stereocenters. The van der Waals surface area contributed by atoms with E-state index in [9.17, 15) is 30.0 Å². The zero-order chi connectivity index (χ0) is 41.6. The number of hydrogen-bond donors (Lipinski definition) is 4. The molecule has 0 aromatic rings. The fraction of sp³-hybridized carbons (Fsp3) is 0.745. The van der Waals surface area contributed by atoms with Crippen molar-refractivity contribution in [2.24, 2.45) is 0 Å². The second kappa shape index (κ2) is 37.7.